The first-order chi connectivity index (χ1) is 14.3. The summed E-state index contributed by atoms with van der Waals surface area (Å²) in [5.74, 6) is 0. The molecular weight excluding hydrogens is 364 g/mol. The molecule has 0 aliphatic rings. The number of aryl methyl sites for hydroxylation is 2. The van der Waals surface area contributed by atoms with Crippen LogP contribution in [-0.4, -0.2) is 22.3 Å². The van der Waals surface area contributed by atoms with Crippen LogP contribution in [0.4, 0.5) is 0 Å². The molecule has 6 heteroatoms. The quantitative estimate of drug-likeness (QED) is 0.276. The van der Waals surface area contributed by atoms with E-state index in [9.17, 15) is 0 Å². The van der Waals surface area contributed by atoms with Gasteiger partial charge in [-0.15, -0.1) is 0 Å². The zero-order valence-electron chi connectivity index (χ0n) is 18.7. The Morgan fingerprint density at radius 3 is 1.55 bits per heavy atom. The summed E-state index contributed by atoms with van der Waals surface area (Å²) in [6.45, 7) is 9.35. The molecule has 0 aliphatic carbocycles. The Balaban J connectivity index is 1.46. The lowest BCUT2D eigenvalue weighted by Gasteiger charge is -2.03. The van der Waals surface area contributed by atoms with Crippen LogP contribution in [0.2, 0.25) is 0 Å². The summed E-state index contributed by atoms with van der Waals surface area (Å²) in [6.07, 6.45) is 24.0. The van der Waals surface area contributed by atoms with E-state index < -0.39 is 0 Å². The lowest BCUT2D eigenvalue weighted by molar-refractivity contribution is -0.733. The summed E-state index contributed by atoms with van der Waals surface area (Å²) in [4.78, 5) is 0. The van der Waals surface area contributed by atoms with E-state index in [-0.39, 0.29) is 0 Å². The lowest BCUT2D eigenvalue weighted by Crippen LogP contribution is -2.33. The number of hydrogen-bond donors (Lipinski definition) is 0. The van der Waals surface area contributed by atoms with E-state index in [0.717, 1.165) is 32.7 Å². The van der Waals surface area contributed by atoms with Gasteiger partial charge < -0.3 is 9.47 Å². The highest BCUT2D eigenvalue weighted by Crippen LogP contribution is 2.02. The predicted octanol–water partition coefficient (Wildman–Crippen LogP) is 4.06. The number of aromatic nitrogens is 4. The molecule has 0 radical (unpaired) electrons. The molecule has 2 rings (SSSR count). The monoisotopic (exact) mass is 406 g/mol. The van der Waals surface area contributed by atoms with Crippen LogP contribution in [0.5, 0.6) is 0 Å². The van der Waals surface area contributed by atoms with Gasteiger partial charge in [0.1, 0.15) is 24.8 Å². The molecule has 164 valence electrons. The van der Waals surface area contributed by atoms with E-state index in [1.54, 1.807) is 0 Å². The Kier molecular flexibility index (Phi) is 12.4. The Morgan fingerprint density at radius 2 is 1.10 bits per heavy atom. The van der Waals surface area contributed by atoms with E-state index in [1.165, 1.54) is 51.4 Å². The second-order valence-electron chi connectivity index (χ2n) is 7.88. The molecule has 0 aliphatic heterocycles. The van der Waals surface area contributed by atoms with E-state index in [4.69, 9.17) is 9.47 Å². The summed E-state index contributed by atoms with van der Waals surface area (Å²) in [5.41, 5.74) is 0. The molecule has 0 saturated heterocycles. The van der Waals surface area contributed by atoms with Gasteiger partial charge in [0.2, 0.25) is 12.7 Å². The highest BCUT2D eigenvalue weighted by atomic mass is 16.5. The summed E-state index contributed by atoms with van der Waals surface area (Å²) >= 11 is 0. The molecule has 0 amide bonds. The van der Waals surface area contributed by atoms with Crippen molar-refractivity contribution in [2.24, 2.45) is 0 Å². The summed E-state index contributed by atoms with van der Waals surface area (Å²) in [7, 11) is 0. The fourth-order valence-electron chi connectivity index (χ4n) is 3.34. The van der Waals surface area contributed by atoms with Crippen LogP contribution in [-0.2, 0) is 36.0 Å². The van der Waals surface area contributed by atoms with Gasteiger partial charge in [-0.3, -0.25) is 0 Å². The molecule has 2 aromatic rings. The third-order valence-corrected chi connectivity index (χ3v) is 5.09. The minimum absolute atomic E-state index is 0.609. The SMILES string of the molecule is CCCCCCn1cc[n+](COCCCOC[n+]2ccn(CCCCCC)c2)c1. The van der Waals surface area contributed by atoms with Gasteiger partial charge >= 0.3 is 0 Å². The van der Waals surface area contributed by atoms with E-state index >= 15 is 0 Å². The van der Waals surface area contributed by atoms with Crippen LogP contribution >= 0.6 is 0 Å². The molecule has 0 N–H and O–H groups in total. The maximum Gasteiger partial charge on any atom is 0.245 e. The molecular formula is C23H42N4O2+2. The molecule has 0 unspecified atom stereocenters. The van der Waals surface area contributed by atoms with Crippen LogP contribution in [0.25, 0.3) is 0 Å². The number of unbranched alkanes of at least 4 members (excludes halogenated alkanes) is 6. The largest absolute Gasteiger partial charge is 0.342 e. The van der Waals surface area contributed by atoms with Crippen molar-refractivity contribution in [3.8, 4) is 0 Å². The summed E-state index contributed by atoms with van der Waals surface area (Å²) in [6, 6.07) is 0. The first kappa shape index (κ1) is 23.6. The Hall–Kier alpha value is -1.66. The topological polar surface area (TPSA) is 36.1 Å². The molecule has 0 atom stereocenters. The van der Waals surface area contributed by atoms with E-state index in [1.807, 2.05) is 0 Å². The highest BCUT2D eigenvalue weighted by Gasteiger charge is 2.05. The third-order valence-electron chi connectivity index (χ3n) is 5.09. The zero-order chi connectivity index (χ0) is 20.6. The van der Waals surface area contributed by atoms with Crippen LogP contribution in [0, 0.1) is 0 Å². The molecule has 6 nitrogen and oxygen atoms in total. The fourth-order valence-corrected chi connectivity index (χ4v) is 3.34. The Morgan fingerprint density at radius 1 is 0.621 bits per heavy atom. The third kappa shape index (κ3) is 10.6. The van der Waals surface area contributed by atoms with E-state index in [2.05, 4.69) is 69.6 Å². The molecule has 2 heterocycles. The van der Waals surface area contributed by atoms with Gasteiger partial charge in [0.15, 0.2) is 13.5 Å². The molecule has 0 spiro atoms. The van der Waals surface area contributed by atoms with Gasteiger partial charge in [0.05, 0.1) is 26.3 Å². The average molecular weight is 407 g/mol. The average Bonchev–Trinajstić information content (AvgIpc) is 3.37. The van der Waals surface area contributed by atoms with Crippen molar-refractivity contribution in [1.29, 1.82) is 0 Å². The van der Waals surface area contributed by atoms with Gasteiger partial charge in [-0.2, -0.15) is 0 Å². The molecule has 2 aromatic heterocycles. The van der Waals surface area contributed by atoms with Gasteiger partial charge in [0, 0.05) is 0 Å². The lowest BCUT2D eigenvalue weighted by atomic mass is 10.2. The molecule has 0 saturated carbocycles. The number of ether oxygens (including phenoxy) is 2. The van der Waals surface area contributed by atoms with Gasteiger partial charge in [-0.05, 0) is 32.1 Å². The van der Waals surface area contributed by atoms with Crippen molar-refractivity contribution in [3.05, 3.63) is 37.4 Å². The number of rotatable bonds is 18. The maximum absolute atomic E-state index is 5.76. The second kappa shape index (κ2) is 15.2. The molecule has 0 bridgehead atoms. The number of imidazole rings is 2. The smallest absolute Gasteiger partial charge is 0.245 e. The van der Waals surface area contributed by atoms with Crippen molar-refractivity contribution in [1.82, 2.24) is 9.13 Å². The van der Waals surface area contributed by atoms with Crippen LogP contribution in [0.3, 0.4) is 0 Å². The normalized spacial score (nSPS) is 11.4. The first-order valence-electron chi connectivity index (χ1n) is 11.6. The van der Waals surface area contributed by atoms with Crippen LogP contribution in [0.15, 0.2) is 37.4 Å². The maximum atomic E-state index is 5.76. The number of hydrogen-bond acceptors (Lipinski definition) is 2. The minimum Gasteiger partial charge on any atom is -0.342 e. The predicted molar refractivity (Wildman–Crippen MR) is 114 cm³/mol. The minimum atomic E-state index is 0.609. The van der Waals surface area contributed by atoms with E-state index in [0.29, 0.717) is 13.5 Å². The molecule has 0 aromatic carbocycles. The van der Waals surface area contributed by atoms with Gasteiger partial charge in [-0.25, -0.2) is 18.3 Å². The van der Waals surface area contributed by atoms with Crippen molar-refractivity contribution >= 4 is 0 Å². The Labute approximate surface area is 177 Å². The van der Waals surface area contributed by atoms with Crippen molar-refractivity contribution in [2.45, 2.75) is 98.2 Å². The van der Waals surface area contributed by atoms with Crippen molar-refractivity contribution in [3.63, 3.8) is 0 Å². The Bertz CT molecular complexity index is 584. The van der Waals surface area contributed by atoms with Gasteiger partial charge in [0.25, 0.3) is 0 Å². The van der Waals surface area contributed by atoms with Crippen LogP contribution in [0.1, 0.15) is 71.6 Å². The number of nitrogens with zero attached hydrogens (tertiary/aromatic N) is 4. The van der Waals surface area contributed by atoms with Crippen LogP contribution < -0.4 is 9.13 Å². The highest BCUT2D eigenvalue weighted by molar-refractivity contribution is 4.66. The fraction of sp³-hybridized carbons (Fsp3) is 0.739. The summed E-state index contributed by atoms with van der Waals surface area (Å²) < 4.78 is 20.2. The second-order valence-corrected chi connectivity index (χ2v) is 7.88. The summed E-state index contributed by atoms with van der Waals surface area (Å²) in [5, 5.41) is 0. The molecule has 29 heavy (non-hydrogen) atoms. The standard InChI is InChI=1S/C23H42N4O2/c1-3-5-7-9-12-24-14-16-26(20-24)22-28-18-11-19-29-23-27-17-15-25(21-27)13-10-8-6-4-2/h14-17,20-21H,3-13,18-19,22-23H2,1-2H3/q+2. The van der Waals surface area contributed by atoms with Gasteiger partial charge in [-0.1, -0.05) is 39.5 Å². The van der Waals surface area contributed by atoms with Crippen molar-refractivity contribution < 1.29 is 18.6 Å². The first-order valence-corrected chi connectivity index (χ1v) is 11.6. The molecule has 0 fully saturated rings. The van der Waals surface area contributed by atoms with Crippen molar-refractivity contribution in [2.75, 3.05) is 13.2 Å². The zero-order valence-corrected chi connectivity index (χ0v) is 18.7.